The van der Waals surface area contributed by atoms with Crippen LogP contribution in [0.1, 0.15) is 10.4 Å². The summed E-state index contributed by atoms with van der Waals surface area (Å²) in [6, 6.07) is 0.326. The summed E-state index contributed by atoms with van der Waals surface area (Å²) in [4.78, 5) is 20.8. The highest BCUT2D eigenvalue weighted by Crippen LogP contribution is 2.14. The van der Waals surface area contributed by atoms with Gasteiger partial charge in [-0.15, -0.1) is 0 Å². The highest BCUT2D eigenvalue weighted by Gasteiger charge is 2.21. The van der Waals surface area contributed by atoms with Crippen molar-refractivity contribution in [3.8, 4) is 0 Å². The molecule has 1 rings (SSSR count). The van der Waals surface area contributed by atoms with Crippen molar-refractivity contribution < 1.29 is 27.9 Å². The van der Waals surface area contributed by atoms with Crippen molar-refractivity contribution in [2.24, 2.45) is 0 Å². The van der Waals surface area contributed by atoms with Crippen molar-refractivity contribution in [1.29, 1.82) is 0 Å². The predicted molar refractivity (Wildman–Crippen MR) is 38.3 cm³/mol. The van der Waals surface area contributed by atoms with E-state index in [1.165, 1.54) is 0 Å². The normalized spacial score (nSPS) is 9.93. The van der Waals surface area contributed by atoms with Gasteiger partial charge in [0.25, 0.3) is 5.78 Å². The topological polar surface area (TPSA) is 54.4 Å². The van der Waals surface area contributed by atoms with Crippen molar-refractivity contribution >= 4 is 11.8 Å². The molecule has 0 radical (unpaired) electrons. The second-order valence-corrected chi connectivity index (χ2v) is 2.38. The van der Waals surface area contributed by atoms with Gasteiger partial charge in [0.15, 0.2) is 11.6 Å². The van der Waals surface area contributed by atoms with E-state index >= 15 is 0 Å². The van der Waals surface area contributed by atoms with Crippen LogP contribution in [0.4, 0.5) is 13.2 Å². The largest absolute Gasteiger partial charge is 0.475 e. The summed E-state index contributed by atoms with van der Waals surface area (Å²) in [5, 5.41) is 8.19. The Morgan fingerprint density at radius 1 is 1.00 bits per heavy atom. The maximum atomic E-state index is 12.8. The summed E-state index contributed by atoms with van der Waals surface area (Å²) in [7, 11) is 0. The Labute approximate surface area is 75.8 Å². The van der Waals surface area contributed by atoms with Crippen LogP contribution in [-0.2, 0) is 4.79 Å². The fourth-order valence-electron chi connectivity index (χ4n) is 0.812. The molecule has 0 amide bonds. The zero-order chi connectivity index (χ0) is 10.9. The van der Waals surface area contributed by atoms with Crippen molar-refractivity contribution in [2.45, 2.75) is 0 Å². The molecule has 1 N–H and O–H groups in total. The molecule has 6 heteroatoms. The van der Waals surface area contributed by atoms with Crippen molar-refractivity contribution in [1.82, 2.24) is 0 Å². The number of carboxylic acids is 1. The van der Waals surface area contributed by atoms with Crippen molar-refractivity contribution in [3.05, 3.63) is 35.1 Å². The van der Waals surface area contributed by atoms with E-state index in [9.17, 15) is 22.8 Å². The molecule has 14 heavy (non-hydrogen) atoms. The van der Waals surface area contributed by atoms with Gasteiger partial charge in [0.2, 0.25) is 0 Å². The van der Waals surface area contributed by atoms with E-state index < -0.39 is 34.8 Å². The second-order valence-electron chi connectivity index (χ2n) is 2.38. The number of hydrogen-bond donors (Lipinski definition) is 1. The third-order valence-corrected chi connectivity index (χ3v) is 1.45. The lowest BCUT2D eigenvalue weighted by Crippen LogP contribution is -2.15. The molecule has 0 saturated heterocycles. The molecule has 1 aromatic carbocycles. The van der Waals surface area contributed by atoms with Crippen LogP contribution in [0.15, 0.2) is 12.1 Å². The van der Waals surface area contributed by atoms with Gasteiger partial charge < -0.3 is 5.11 Å². The molecule has 0 saturated carbocycles. The first-order chi connectivity index (χ1) is 6.43. The summed E-state index contributed by atoms with van der Waals surface area (Å²) < 4.78 is 37.6. The van der Waals surface area contributed by atoms with Gasteiger partial charge in [-0.3, -0.25) is 4.79 Å². The molecule has 1 aromatic rings. The van der Waals surface area contributed by atoms with E-state index in [-0.39, 0.29) is 12.1 Å². The molecule has 0 spiro atoms. The minimum Gasteiger partial charge on any atom is -0.475 e. The summed E-state index contributed by atoms with van der Waals surface area (Å²) in [5.41, 5.74) is -1.00. The van der Waals surface area contributed by atoms with Crippen molar-refractivity contribution in [3.63, 3.8) is 0 Å². The Morgan fingerprint density at radius 3 is 2.00 bits per heavy atom. The second kappa shape index (κ2) is 3.49. The Bertz CT molecular complexity index is 415. The van der Waals surface area contributed by atoms with Gasteiger partial charge >= 0.3 is 5.97 Å². The third-order valence-electron chi connectivity index (χ3n) is 1.45. The molecule has 0 unspecified atom stereocenters. The van der Waals surface area contributed by atoms with Gasteiger partial charge in [-0.1, -0.05) is 0 Å². The number of Topliss-reactive ketones (excluding diaryl/α,β-unsaturated/α-hetero) is 1. The van der Waals surface area contributed by atoms with Crippen LogP contribution in [-0.4, -0.2) is 16.9 Å². The number of halogens is 3. The number of hydrogen-bond acceptors (Lipinski definition) is 2. The van der Waals surface area contributed by atoms with Crippen LogP contribution < -0.4 is 0 Å². The van der Waals surface area contributed by atoms with Gasteiger partial charge in [0.05, 0.1) is 5.56 Å². The SMILES string of the molecule is O=C(O)C(=O)c1cc(F)c(F)cc1F. The highest BCUT2D eigenvalue weighted by molar-refractivity contribution is 6.39. The third kappa shape index (κ3) is 1.73. The van der Waals surface area contributed by atoms with E-state index in [1.54, 1.807) is 0 Å². The molecule has 0 aromatic heterocycles. The smallest absolute Gasteiger partial charge is 0.377 e. The summed E-state index contributed by atoms with van der Waals surface area (Å²) in [6.45, 7) is 0. The molecular formula is C8H3F3O3. The molecule has 0 heterocycles. The average molecular weight is 204 g/mol. The standard InChI is InChI=1S/C8H3F3O3/c9-4-2-6(11)5(10)1-3(4)7(12)8(13)14/h1-2H,(H,13,14). The Hall–Kier alpha value is -1.85. The molecule has 74 valence electrons. The average Bonchev–Trinajstić information content (AvgIpc) is 2.10. The molecule has 0 bridgehead atoms. The quantitative estimate of drug-likeness (QED) is 0.449. The van der Waals surface area contributed by atoms with Crippen LogP contribution in [0.2, 0.25) is 0 Å². The highest BCUT2D eigenvalue weighted by atomic mass is 19.2. The fraction of sp³-hybridized carbons (Fsp3) is 0. The van der Waals surface area contributed by atoms with Crippen LogP contribution in [0.3, 0.4) is 0 Å². The van der Waals surface area contributed by atoms with E-state index in [1.807, 2.05) is 0 Å². The number of carboxylic acid groups (broad SMARTS) is 1. The van der Waals surface area contributed by atoms with Crippen molar-refractivity contribution in [2.75, 3.05) is 0 Å². The summed E-state index contributed by atoms with van der Waals surface area (Å²) >= 11 is 0. The molecule has 0 aliphatic rings. The number of benzene rings is 1. The van der Waals surface area contributed by atoms with Gasteiger partial charge in [0.1, 0.15) is 5.82 Å². The molecule has 0 aliphatic heterocycles. The lowest BCUT2D eigenvalue weighted by Gasteiger charge is -1.99. The van der Waals surface area contributed by atoms with Crippen LogP contribution in [0.5, 0.6) is 0 Å². The number of ketones is 1. The lowest BCUT2D eigenvalue weighted by molar-refractivity contribution is -0.131. The first-order valence-electron chi connectivity index (χ1n) is 3.35. The number of carbonyl (C=O) groups excluding carboxylic acids is 1. The lowest BCUT2D eigenvalue weighted by atomic mass is 10.1. The van der Waals surface area contributed by atoms with E-state index in [4.69, 9.17) is 5.11 Å². The molecule has 0 fully saturated rings. The zero-order valence-corrected chi connectivity index (χ0v) is 6.55. The monoisotopic (exact) mass is 204 g/mol. The van der Waals surface area contributed by atoms with Gasteiger partial charge in [-0.05, 0) is 6.07 Å². The number of carbonyl (C=O) groups is 2. The maximum Gasteiger partial charge on any atom is 0.377 e. The molecular weight excluding hydrogens is 201 g/mol. The first-order valence-corrected chi connectivity index (χ1v) is 3.35. The fourth-order valence-corrected chi connectivity index (χ4v) is 0.812. The van der Waals surface area contributed by atoms with E-state index in [0.29, 0.717) is 0 Å². The van der Waals surface area contributed by atoms with Crippen LogP contribution in [0, 0.1) is 17.5 Å². The van der Waals surface area contributed by atoms with Gasteiger partial charge in [-0.2, -0.15) is 0 Å². The maximum absolute atomic E-state index is 12.8. The number of aliphatic carboxylic acids is 1. The zero-order valence-electron chi connectivity index (χ0n) is 6.55. The Balaban J connectivity index is 3.29. The molecule has 0 aliphatic carbocycles. The summed E-state index contributed by atoms with van der Waals surface area (Å²) in [5.74, 6) is -7.92. The minimum absolute atomic E-state index is 0.117. The van der Waals surface area contributed by atoms with Gasteiger partial charge in [0, 0.05) is 6.07 Å². The minimum atomic E-state index is -1.94. The van der Waals surface area contributed by atoms with Gasteiger partial charge in [-0.25, -0.2) is 18.0 Å². The predicted octanol–water partition coefficient (Wildman–Crippen LogP) is 1.37. The first kappa shape index (κ1) is 10.2. The Kier molecular flexibility index (Phi) is 2.55. The number of rotatable bonds is 2. The van der Waals surface area contributed by atoms with E-state index in [2.05, 4.69) is 0 Å². The molecule has 3 nitrogen and oxygen atoms in total. The summed E-state index contributed by atoms with van der Waals surface area (Å²) in [6.07, 6.45) is 0. The van der Waals surface area contributed by atoms with Crippen LogP contribution in [0.25, 0.3) is 0 Å². The van der Waals surface area contributed by atoms with E-state index in [0.717, 1.165) is 0 Å². The van der Waals surface area contributed by atoms with Crippen LogP contribution >= 0.6 is 0 Å². The molecule has 0 atom stereocenters. The Morgan fingerprint density at radius 2 is 1.50 bits per heavy atom.